The third kappa shape index (κ3) is 68.9. The molecule has 486 valence electrons. The molecule has 82 heavy (non-hydrogen) atoms. The summed E-state index contributed by atoms with van der Waals surface area (Å²) >= 11 is 0. The van der Waals surface area contributed by atoms with Crippen LogP contribution in [0.4, 0.5) is 0 Å². The van der Waals surface area contributed by atoms with Gasteiger partial charge in [0.15, 0.2) is 6.10 Å². The molecular formula is C76H146O6. The molecule has 0 aromatic heterocycles. The van der Waals surface area contributed by atoms with E-state index in [1.54, 1.807) is 0 Å². The fourth-order valence-corrected chi connectivity index (χ4v) is 11.9. The zero-order valence-electron chi connectivity index (χ0n) is 56.1. The number of hydrogen-bond acceptors (Lipinski definition) is 6. The van der Waals surface area contributed by atoms with E-state index < -0.39 is 6.10 Å². The van der Waals surface area contributed by atoms with Crippen LogP contribution in [0.1, 0.15) is 438 Å². The predicted molar refractivity (Wildman–Crippen MR) is 358 cm³/mol. The zero-order valence-corrected chi connectivity index (χ0v) is 56.1. The maximum Gasteiger partial charge on any atom is 0.306 e. The predicted octanol–water partition coefficient (Wildman–Crippen LogP) is 26.0. The summed E-state index contributed by atoms with van der Waals surface area (Å²) in [6.45, 7) is 6.73. The van der Waals surface area contributed by atoms with Crippen LogP contribution in [0, 0.1) is 0 Å². The fourth-order valence-electron chi connectivity index (χ4n) is 11.9. The first-order valence-electron chi connectivity index (χ1n) is 37.7. The Bertz CT molecular complexity index is 1280. The highest BCUT2D eigenvalue weighted by molar-refractivity contribution is 5.71. The minimum Gasteiger partial charge on any atom is -0.462 e. The summed E-state index contributed by atoms with van der Waals surface area (Å²) in [4.78, 5) is 38.4. The maximum absolute atomic E-state index is 12.9. The Labute approximate surface area is 513 Å². The van der Waals surface area contributed by atoms with Gasteiger partial charge in [0.05, 0.1) is 0 Å². The highest BCUT2D eigenvalue weighted by Gasteiger charge is 2.20. The minimum absolute atomic E-state index is 0.0616. The molecule has 0 aliphatic rings. The summed E-state index contributed by atoms with van der Waals surface area (Å²) in [5.74, 6) is -0.825. The van der Waals surface area contributed by atoms with E-state index in [-0.39, 0.29) is 31.1 Å². The quantitative estimate of drug-likeness (QED) is 0.0261. The van der Waals surface area contributed by atoms with Crippen molar-refractivity contribution in [3.8, 4) is 0 Å². The molecule has 0 spiro atoms. The van der Waals surface area contributed by atoms with Gasteiger partial charge in [-0.05, 0) is 44.9 Å². The normalized spacial score (nSPS) is 12.0. The van der Waals surface area contributed by atoms with Crippen molar-refractivity contribution in [2.24, 2.45) is 0 Å². The lowest BCUT2D eigenvalue weighted by Crippen LogP contribution is -2.30. The molecule has 6 heteroatoms. The van der Waals surface area contributed by atoms with Crippen LogP contribution < -0.4 is 0 Å². The molecule has 0 aliphatic heterocycles. The van der Waals surface area contributed by atoms with Crippen molar-refractivity contribution in [2.45, 2.75) is 444 Å². The van der Waals surface area contributed by atoms with E-state index in [1.807, 2.05) is 0 Å². The fraction of sp³-hybridized carbons (Fsp3) is 0.934. The number of carbonyl (C=O) groups excluding carboxylic acids is 3. The lowest BCUT2D eigenvalue weighted by Gasteiger charge is -2.18. The minimum atomic E-state index is -0.764. The molecule has 0 rings (SSSR count). The molecule has 0 radical (unpaired) electrons. The molecule has 0 amide bonds. The number of carbonyl (C=O) groups is 3. The largest absolute Gasteiger partial charge is 0.462 e. The van der Waals surface area contributed by atoms with Gasteiger partial charge >= 0.3 is 17.9 Å². The van der Waals surface area contributed by atoms with Crippen LogP contribution in [0.15, 0.2) is 12.2 Å². The lowest BCUT2D eigenvalue weighted by molar-refractivity contribution is -0.167. The summed E-state index contributed by atoms with van der Waals surface area (Å²) in [5, 5.41) is 0. The molecular weight excluding hydrogens is 1010 g/mol. The highest BCUT2D eigenvalue weighted by Crippen LogP contribution is 2.20. The van der Waals surface area contributed by atoms with E-state index in [0.29, 0.717) is 19.3 Å². The number of allylic oxidation sites excluding steroid dienone is 2. The van der Waals surface area contributed by atoms with Crippen molar-refractivity contribution in [1.29, 1.82) is 0 Å². The van der Waals surface area contributed by atoms with Crippen molar-refractivity contribution in [3.05, 3.63) is 12.2 Å². The summed E-state index contributed by atoms with van der Waals surface area (Å²) < 4.78 is 17.0. The average Bonchev–Trinajstić information content (AvgIpc) is 3.47. The van der Waals surface area contributed by atoms with Crippen LogP contribution in [-0.2, 0) is 28.6 Å². The molecule has 0 saturated heterocycles. The molecule has 1 unspecified atom stereocenters. The van der Waals surface area contributed by atoms with Gasteiger partial charge in [-0.1, -0.05) is 386 Å². The smallest absolute Gasteiger partial charge is 0.306 e. The van der Waals surface area contributed by atoms with Crippen LogP contribution in [0.25, 0.3) is 0 Å². The standard InChI is InChI=1S/C76H146O6/c1-4-7-10-13-16-19-22-24-26-28-30-32-33-34-35-36-37-38-39-40-41-42-43-44-46-47-49-51-54-57-60-63-66-69-75(78)81-72-73(71-80-74(77)68-65-62-59-56-53-21-18-15-12-9-6-3)82-76(79)70-67-64-61-58-55-52-50-48-45-31-29-27-25-23-20-17-14-11-8-5-2/h28,30,73H,4-27,29,31-72H2,1-3H3/b30-28-. The Balaban J connectivity index is 4.05. The summed E-state index contributed by atoms with van der Waals surface area (Å²) in [5.41, 5.74) is 0. The van der Waals surface area contributed by atoms with E-state index in [0.717, 1.165) is 57.8 Å². The van der Waals surface area contributed by atoms with Gasteiger partial charge in [-0.15, -0.1) is 0 Å². The molecule has 0 fully saturated rings. The first-order valence-corrected chi connectivity index (χ1v) is 37.7. The monoisotopic (exact) mass is 1160 g/mol. The van der Waals surface area contributed by atoms with Gasteiger partial charge in [-0.25, -0.2) is 0 Å². The Morgan fingerprint density at radius 3 is 0.610 bits per heavy atom. The first-order chi connectivity index (χ1) is 40.5. The summed E-state index contributed by atoms with van der Waals surface area (Å²) in [7, 11) is 0. The molecule has 0 aromatic rings. The molecule has 0 aromatic carbocycles. The van der Waals surface area contributed by atoms with E-state index in [1.165, 1.54) is 340 Å². The van der Waals surface area contributed by atoms with Gasteiger partial charge in [0.1, 0.15) is 13.2 Å². The molecule has 0 bridgehead atoms. The Kier molecular flexibility index (Phi) is 70.0. The van der Waals surface area contributed by atoms with Gasteiger partial charge in [0.2, 0.25) is 0 Å². The van der Waals surface area contributed by atoms with Crippen LogP contribution >= 0.6 is 0 Å². The SMILES string of the molecule is CCCCCCCCCC/C=C\CCCCCCCCCCCCCCCCCCCCCCCC(=O)OCC(COC(=O)CCCCCCCCCCCCC)OC(=O)CCCCCCCCCCCCCCCCCCCCCC. The third-order valence-corrected chi connectivity index (χ3v) is 17.5. The topological polar surface area (TPSA) is 78.9 Å². The number of hydrogen-bond donors (Lipinski definition) is 0. The van der Waals surface area contributed by atoms with Crippen molar-refractivity contribution in [1.82, 2.24) is 0 Å². The molecule has 1 atom stereocenters. The maximum atomic E-state index is 12.9. The Hall–Kier alpha value is -1.85. The van der Waals surface area contributed by atoms with Crippen molar-refractivity contribution < 1.29 is 28.6 Å². The van der Waals surface area contributed by atoms with E-state index in [4.69, 9.17) is 14.2 Å². The molecule has 0 heterocycles. The van der Waals surface area contributed by atoms with Crippen molar-refractivity contribution in [3.63, 3.8) is 0 Å². The molecule has 0 saturated carbocycles. The third-order valence-electron chi connectivity index (χ3n) is 17.5. The summed E-state index contributed by atoms with van der Waals surface area (Å²) in [6, 6.07) is 0. The number of esters is 3. The Morgan fingerprint density at radius 2 is 0.402 bits per heavy atom. The van der Waals surface area contributed by atoms with Gasteiger partial charge in [-0.2, -0.15) is 0 Å². The molecule has 6 nitrogen and oxygen atoms in total. The van der Waals surface area contributed by atoms with E-state index in [2.05, 4.69) is 32.9 Å². The molecule has 0 N–H and O–H groups in total. The van der Waals surface area contributed by atoms with E-state index in [9.17, 15) is 14.4 Å². The Morgan fingerprint density at radius 1 is 0.232 bits per heavy atom. The zero-order chi connectivity index (χ0) is 59.2. The molecule has 0 aliphatic carbocycles. The van der Waals surface area contributed by atoms with Gasteiger partial charge in [0.25, 0.3) is 0 Å². The number of unbranched alkanes of at least 4 members (excludes halogenated alkanes) is 58. The number of ether oxygens (including phenoxy) is 3. The van der Waals surface area contributed by atoms with Gasteiger partial charge in [-0.3, -0.25) is 14.4 Å². The van der Waals surface area contributed by atoms with Gasteiger partial charge < -0.3 is 14.2 Å². The van der Waals surface area contributed by atoms with Crippen LogP contribution in [0.5, 0.6) is 0 Å². The van der Waals surface area contributed by atoms with Crippen LogP contribution in [-0.4, -0.2) is 37.2 Å². The second-order valence-electron chi connectivity index (χ2n) is 25.9. The summed E-state index contributed by atoms with van der Waals surface area (Å²) in [6.07, 6.45) is 87.0. The second-order valence-corrected chi connectivity index (χ2v) is 25.9. The number of rotatable bonds is 71. The first kappa shape index (κ1) is 80.2. The van der Waals surface area contributed by atoms with E-state index >= 15 is 0 Å². The van der Waals surface area contributed by atoms with Gasteiger partial charge in [0, 0.05) is 19.3 Å². The average molecular weight is 1160 g/mol. The van der Waals surface area contributed by atoms with Crippen molar-refractivity contribution in [2.75, 3.05) is 13.2 Å². The van der Waals surface area contributed by atoms with Crippen LogP contribution in [0.2, 0.25) is 0 Å². The highest BCUT2D eigenvalue weighted by atomic mass is 16.6. The van der Waals surface area contributed by atoms with Crippen molar-refractivity contribution >= 4 is 17.9 Å². The second kappa shape index (κ2) is 71.6. The van der Waals surface area contributed by atoms with Crippen LogP contribution in [0.3, 0.4) is 0 Å². The lowest BCUT2D eigenvalue weighted by atomic mass is 10.0.